The highest BCUT2D eigenvalue weighted by atomic mass is 16.5. The third-order valence-electron chi connectivity index (χ3n) is 3.34. The van der Waals surface area contributed by atoms with E-state index in [9.17, 15) is 19.2 Å². The maximum Gasteiger partial charge on any atom is 0.332 e. The van der Waals surface area contributed by atoms with Gasteiger partial charge in [-0.2, -0.15) is 0 Å². The monoisotopic (exact) mass is 324 g/mol. The minimum Gasteiger partial charge on any atom is -0.467 e. The van der Waals surface area contributed by atoms with Gasteiger partial charge in [0.2, 0.25) is 5.91 Å². The molecule has 124 valence electrons. The van der Waals surface area contributed by atoms with Crippen LogP contribution in [-0.4, -0.2) is 49.2 Å². The third kappa shape index (κ3) is 2.84. The number of aryl methyl sites for hydroxylation is 1. The molecule has 2 aromatic heterocycles. The van der Waals surface area contributed by atoms with E-state index in [0.717, 1.165) is 13.8 Å². The van der Waals surface area contributed by atoms with Gasteiger partial charge in [-0.05, 0) is 6.92 Å². The lowest BCUT2D eigenvalue weighted by Crippen LogP contribution is -2.41. The van der Waals surface area contributed by atoms with Crippen LogP contribution in [0.25, 0.3) is 11.2 Å². The second kappa shape index (κ2) is 6.02. The zero-order valence-electron chi connectivity index (χ0n) is 13.1. The maximum absolute atomic E-state index is 12.2. The van der Waals surface area contributed by atoms with Crippen molar-refractivity contribution in [3.05, 3.63) is 20.8 Å². The van der Waals surface area contributed by atoms with Crippen LogP contribution in [0.1, 0.15) is 6.92 Å². The number of carbonyl (C=O) groups is 2. The van der Waals surface area contributed by atoms with Gasteiger partial charge >= 0.3 is 11.7 Å². The molecular formula is C12H16N6O5. The highest BCUT2D eigenvalue weighted by molar-refractivity contribution is 5.84. The first-order valence-electron chi connectivity index (χ1n) is 6.64. The Balaban J connectivity index is 2.36. The Morgan fingerprint density at radius 3 is 2.52 bits per heavy atom. The molecule has 0 unspecified atom stereocenters. The SMILES string of the molecule is COC(=O)[C@H](C)NC(=O)Cn1nnc2c1c(=O)n(C)c(=O)n2C. The van der Waals surface area contributed by atoms with Gasteiger partial charge in [0.05, 0.1) is 7.11 Å². The Bertz CT molecular complexity index is 892. The van der Waals surface area contributed by atoms with Gasteiger partial charge in [0, 0.05) is 14.1 Å². The fourth-order valence-electron chi connectivity index (χ4n) is 2.07. The number of carbonyl (C=O) groups excluding carboxylic acids is 2. The minimum absolute atomic E-state index is 0.0236. The van der Waals surface area contributed by atoms with Gasteiger partial charge in [-0.1, -0.05) is 5.21 Å². The first kappa shape index (κ1) is 16.4. The summed E-state index contributed by atoms with van der Waals surface area (Å²) in [5, 5.41) is 9.90. The second-order valence-corrected chi connectivity index (χ2v) is 4.94. The Hall–Kier alpha value is -2.98. The van der Waals surface area contributed by atoms with Crippen LogP contribution in [-0.2, 0) is 35.0 Å². The number of nitrogens with zero attached hydrogens (tertiary/aromatic N) is 5. The average Bonchev–Trinajstić information content (AvgIpc) is 2.93. The van der Waals surface area contributed by atoms with E-state index in [2.05, 4.69) is 20.4 Å². The van der Waals surface area contributed by atoms with E-state index >= 15 is 0 Å². The number of methoxy groups -OCH3 is 1. The van der Waals surface area contributed by atoms with Crippen LogP contribution < -0.4 is 16.6 Å². The Labute approximate surface area is 129 Å². The van der Waals surface area contributed by atoms with Crippen LogP contribution >= 0.6 is 0 Å². The van der Waals surface area contributed by atoms with Crippen molar-refractivity contribution in [2.24, 2.45) is 14.1 Å². The number of rotatable bonds is 4. The average molecular weight is 324 g/mol. The standard InChI is InChI=1S/C12H16N6O5/c1-6(11(21)23-4)13-7(19)5-18-8-9(14-15-18)16(2)12(22)17(3)10(8)20/h6H,5H2,1-4H3,(H,13,19)/t6-/m0/s1. The number of hydrogen-bond acceptors (Lipinski definition) is 7. The van der Waals surface area contributed by atoms with Crippen molar-refractivity contribution in [1.82, 2.24) is 29.4 Å². The smallest absolute Gasteiger partial charge is 0.332 e. The number of ether oxygens (including phenoxy) is 1. The van der Waals surface area contributed by atoms with Gasteiger partial charge in [-0.25, -0.2) is 14.3 Å². The molecule has 1 N–H and O–H groups in total. The molecule has 1 atom stereocenters. The van der Waals surface area contributed by atoms with Crippen LogP contribution in [0.2, 0.25) is 0 Å². The van der Waals surface area contributed by atoms with E-state index in [1.54, 1.807) is 0 Å². The highest BCUT2D eigenvalue weighted by Gasteiger charge is 2.20. The molecule has 0 aromatic carbocycles. The van der Waals surface area contributed by atoms with Gasteiger partial charge in [0.25, 0.3) is 5.56 Å². The Morgan fingerprint density at radius 1 is 1.26 bits per heavy atom. The topological polar surface area (TPSA) is 130 Å². The molecule has 0 aliphatic carbocycles. The van der Waals surface area contributed by atoms with Gasteiger partial charge < -0.3 is 10.1 Å². The molecule has 0 fully saturated rings. The van der Waals surface area contributed by atoms with Gasteiger partial charge in [0.15, 0.2) is 11.2 Å². The van der Waals surface area contributed by atoms with Crippen molar-refractivity contribution >= 4 is 23.0 Å². The van der Waals surface area contributed by atoms with Gasteiger partial charge in [-0.3, -0.25) is 18.7 Å². The molecule has 23 heavy (non-hydrogen) atoms. The molecule has 0 radical (unpaired) electrons. The van der Waals surface area contributed by atoms with Crippen molar-refractivity contribution in [3.63, 3.8) is 0 Å². The number of fused-ring (bicyclic) bond motifs is 1. The van der Waals surface area contributed by atoms with Crippen LogP contribution in [0, 0.1) is 0 Å². The summed E-state index contributed by atoms with van der Waals surface area (Å²) in [6, 6.07) is -0.838. The number of amides is 1. The molecule has 0 saturated heterocycles. The summed E-state index contributed by atoms with van der Waals surface area (Å²) < 4.78 is 7.64. The van der Waals surface area contributed by atoms with Crippen molar-refractivity contribution in [3.8, 4) is 0 Å². The lowest BCUT2D eigenvalue weighted by atomic mass is 10.3. The molecule has 0 aliphatic heterocycles. The summed E-state index contributed by atoms with van der Waals surface area (Å²) in [4.78, 5) is 47.2. The molecule has 0 bridgehead atoms. The second-order valence-electron chi connectivity index (χ2n) is 4.94. The molecule has 2 heterocycles. The number of esters is 1. The van der Waals surface area contributed by atoms with Crippen molar-refractivity contribution < 1.29 is 14.3 Å². The predicted octanol–water partition coefficient (Wildman–Crippen LogP) is -2.49. The zero-order chi connectivity index (χ0) is 17.3. The quantitative estimate of drug-likeness (QED) is 0.615. The maximum atomic E-state index is 12.2. The van der Waals surface area contributed by atoms with Crippen LogP contribution in [0.3, 0.4) is 0 Å². The van der Waals surface area contributed by atoms with E-state index in [1.807, 2.05) is 0 Å². The van der Waals surface area contributed by atoms with E-state index in [4.69, 9.17) is 0 Å². The zero-order valence-corrected chi connectivity index (χ0v) is 13.1. The summed E-state index contributed by atoms with van der Waals surface area (Å²) in [6.07, 6.45) is 0. The number of nitrogens with one attached hydrogen (secondary N) is 1. The lowest BCUT2D eigenvalue weighted by molar-refractivity contribution is -0.144. The molecular weight excluding hydrogens is 308 g/mol. The lowest BCUT2D eigenvalue weighted by Gasteiger charge is -2.11. The van der Waals surface area contributed by atoms with E-state index in [0.29, 0.717) is 0 Å². The van der Waals surface area contributed by atoms with Crippen LogP contribution in [0.4, 0.5) is 0 Å². The van der Waals surface area contributed by atoms with Crippen molar-refractivity contribution in [1.29, 1.82) is 0 Å². The van der Waals surface area contributed by atoms with Crippen LogP contribution in [0.5, 0.6) is 0 Å². The van der Waals surface area contributed by atoms with Crippen LogP contribution in [0.15, 0.2) is 9.59 Å². The summed E-state index contributed by atoms with van der Waals surface area (Å²) >= 11 is 0. The minimum atomic E-state index is -0.838. The van der Waals surface area contributed by atoms with Crippen molar-refractivity contribution in [2.75, 3.05) is 7.11 Å². The Kier molecular flexibility index (Phi) is 4.29. The number of hydrogen-bond donors (Lipinski definition) is 1. The van der Waals surface area contributed by atoms with E-state index < -0.39 is 29.2 Å². The summed E-state index contributed by atoms with van der Waals surface area (Å²) in [6.45, 7) is 1.14. The van der Waals surface area contributed by atoms with E-state index in [1.165, 1.54) is 28.1 Å². The fraction of sp³-hybridized carbons (Fsp3) is 0.500. The van der Waals surface area contributed by atoms with E-state index in [-0.39, 0.29) is 17.7 Å². The predicted molar refractivity (Wildman–Crippen MR) is 77.6 cm³/mol. The molecule has 11 heteroatoms. The summed E-state index contributed by atoms with van der Waals surface area (Å²) in [5.41, 5.74) is -1.05. The summed E-state index contributed by atoms with van der Waals surface area (Å²) in [7, 11) is 3.98. The van der Waals surface area contributed by atoms with Crippen molar-refractivity contribution in [2.45, 2.75) is 19.5 Å². The normalized spacial score (nSPS) is 12.2. The molecule has 2 aromatic rings. The van der Waals surface area contributed by atoms with Gasteiger partial charge in [0.1, 0.15) is 12.6 Å². The largest absolute Gasteiger partial charge is 0.467 e. The molecule has 0 spiro atoms. The molecule has 0 saturated carbocycles. The first-order valence-corrected chi connectivity index (χ1v) is 6.64. The molecule has 0 aliphatic rings. The fourth-order valence-corrected chi connectivity index (χ4v) is 2.07. The highest BCUT2D eigenvalue weighted by Crippen LogP contribution is 2.02. The molecule has 11 nitrogen and oxygen atoms in total. The third-order valence-corrected chi connectivity index (χ3v) is 3.34. The number of aromatic nitrogens is 5. The Morgan fingerprint density at radius 2 is 1.91 bits per heavy atom. The van der Waals surface area contributed by atoms with Gasteiger partial charge in [-0.15, -0.1) is 5.10 Å². The first-order chi connectivity index (χ1) is 10.8. The molecule has 2 rings (SSSR count). The summed E-state index contributed by atoms with van der Waals surface area (Å²) in [5.74, 6) is -1.15. The molecule has 1 amide bonds.